The number of hydrogen-bond donors (Lipinski definition) is 1. The summed E-state index contributed by atoms with van der Waals surface area (Å²) in [4.78, 5) is 2.56. The number of unbranched alkanes of at least 4 members (excludes halogenated alkanes) is 2. The number of nitrogens with zero attached hydrogens (tertiary/aromatic N) is 1. The van der Waals surface area contributed by atoms with Crippen LogP contribution in [0.5, 0.6) is 0 Å². The molecule has 1 aliphatic carbocycles. The van der Waals surface area contributed by atoms with Gasteiger partial charge in [-0.25, -0.2) is 0 Å². The fourth-order valence-electron chi connectivity index (χ4n) is 2.41. The third-order valence-corrected chi connectivity index (χ3v) is 3.55. The zero-order valence-electron chi connectivity index (χ0n) is 10.1. The molecule has 0 heterocycles. The van der Waals surface area contributed by atoms with Crippen molar-refractivity contribution in [2.75, 3.05) is 20.6 Å². The molecule has 1 N–H and O–H groups in total. The van der Waals surface area contributed by atoms with E-state index >= 15 is 0 Å². The molecule has 0 aliphatic heterocycles. The first-order valence-electron chi connectivity index (χ1n) is 6.15. The predicted molar refractivity (Wildman–Crippen MR) is 62.6 cm³/mol. The van der Waals surface area contributed by atoms with Gasteiger partial charge in [0.2, 0.25) is 0 Å². The Balaban J connectivity index is 2.15. The van der Waals surface area contributed by atoms with E-state index in [1.165, 1.54) is 45.1 Å². The molecule has 14 heavy (non-hydrogen) atoms. The van der Waals surface area contributed by atoms with E-state index in [1.807, 2.05) is 0 Å². The molecule has 0 spiro atoms. The molecule has 0 aromatic heterocycles. The van der Waals surface area contributed by atoms with Gasteiger partial charge in [-0.15, -0.1) is 0 Å². The Kier molecular flexibility index (Phi) is 5.49. The van der Waals surface area contributed by atoms with Crippen molar-refractivity contribution in [3.8, 4) is 0 Å². The lowest BCUT2D eigenvalue weighted by atomic mass is 10.2. The predicted octanol–water partition coefficient (Wildman–Crippen LogP) is 2.25. The van der Waals surface area contributed by atoms with Crippen molar-refractivity contribution in [1.29, 1.82) is 0 Å². The molecule has 0 saturated heterocycles. The summed E-state index contributed by atoms with van der Waals surface area (Å²) < 4.78 is 0. The Bertz CT molecular complexity index is 147. The van der Waals surface area contributed by atoms with Gasteiger partial charge in [-0.05, 0) is 46.3 Å². The minimum Gasteiger partial charge on any atom is -0.317 e. The summed E-state index contributed by atoms with van der Waals surface area (Å²) >= 11 is 0. The van der Waals surface area contributed by atoms with E-state index in [-0.39, 0.29) is 0 Å². The summed E-state index contributed by atoms with van der Waals surface area (Å²) in [6.45, 7) is 3.56. The highest BCUT2D eigenvalue weighted by molar-refractivity contribution is 4.84. The highest BCUT2D eigenvalue weighted by Crippen LogP contribution is 2.23. The van der Waals surface area contributed by atoms with Crippen LogP contribution >= 0.6 is 0 Å². The van der Waals surface area contributed by atoms with Crippen molar-refractivity contribution >= 4 is 0 Å². The van der Waals surface area contributed by atoms with Crippen LogP contribution in [0.4, 0.5) is 0 Å². The van der Waals surface area contributed by atoms with Crippen LogP contribution < -0.4 is 5.32 Å². The summed E-state index contributed by atoms with van der Waals surface area (Å²) in [7, 11) is 4.38. The zero-order valence-corrected chi connectivity index (χ0v) is 10.1. The van der Waals surface area contributed by atoms with Crippen LogP contribution in [0.2, 0.25) is 0 Å². The summed E-state index contributed by atoms with van der Waals surface area (Å²) in [5, 5.41) is 3.39. The van der Waals surface area contributed by atoms with Crippen LogP contribution in [-0.2, 0) is 0 Å². The molecule has 1 aliphatic rings. The van der Waals surface area contributed by atoms with Gasteiger partial charge in [0.25, 0.3) is 0 Å². The second-order valence-corrected chi connectivity index (χ2v) is 4.64. The minimum atomic E-state index is 0.772. The molecule has 1 fully saturated rings. The Labute approximate surface area is 89.1 Å². The van der Waals surface area contributed by atoms with Crippen molar-refractivity contribution in [3.05, 3.63) is 0 Å². The van der Waals surface area contributed by atoms with Crippen LogP contribution in [0.25, 0.3) is 0 Å². The molecule has 0 aromatic rings. The van der Waals surface area contributed by atoms with Gasteiger partial charge in [-0.3, -0.25) is 0 Å². The van der Waals surface area contributed by atoms with E-state index in [0.717, 1.165) is 12.1 Å². The molecule has 0 radical (unpaired) electrons. The van der Waals surface area contributed by atoms with Crippen LogP contribution in [-0.4, -0.2) is 37.6 Å². The van der Waals surface area contributed by atoms with E-state index in [1.54, 1.807) is 0 Å². The molecular weight excluding hydrogens is 172 g/mol. The van der Waals surface area contributed by atoms with E-state index in [2.05, 4.69) is 31.2 Å². The molecule has 1 rings (SSSR count). The molecule has 2 nitrogen and oxygen atoms in total. The lowest BCUT2D eigenvalue weighted by Crippen LogP contribution is -2.32. The van der Waals surface area contributed by atoms with Gasteiger partial charge in [0.05, 0.1) is 0 Å². The lowest BCUT2D eigenvalue weighted by molar-refractivity contribution is 0.237. The maximum Gasteiger partial charge on any atom is 0.0108 e. The molecule has 84 valence electrons. The average Bonchev–Trinajstić information content (AvgIpc) is 2.66. The quantitative estimate of drug-likeness (QED) is 0.659. The average molecular weight is 198 g/mol. The van der Waals surface area contributed by atoms with Gasteiger partial charge in [0.15, 0.2) is 0 Å². The molecule has 1 saturated carbocycles. The van der Waals surface area contributed by atoms with Gasteiger partial charge in [0.1, 0.15) is 0 Å². The van der Waals surface area contributed by atoms with Gasteiger partial charge >= 0.3 is 0 Å². The lowest BCUT2D eigenvalue weighted by Gasteiger charge is -2.24. The van der Waals surface area contributed by atoms with Crippen molar-refractivity contribution in [2.24, 2.45) is 0 Å². The SMILES string of the molecule is CCCCCN(C)C1CCC(NC)C1. The highest BCUT2D eigenvalue weighted by Gasteiger charge is 2.25. The van der Waals surface area contributed by atoms with Crippen molar-refractivity contribution in [2.45, 2.75) is 57.5 Å². The van der Waals surface area contributed by atoms with Gasteiger partial charge in [-0.2, -0.15) is 0 Å². The Morgan fingerprint density at radius 3 is 2.64 bits per heavy atom. The van der Waals surface area contributed by atoms with E-state index in [0.29, 0.717) is 0 Å². The smallest absolute Gasteiger partial charge is 0.0108 e. The fraction of sp³-hybridized carbons (Fsp3) is 1.00. The van der Waals surface area contributed by atoms with Crippen molar-refractivity contribution in [3.63, 3.8) is 0 Å². The number of rotatable bonds is 6. The van der Waals surface area contributed by atoms with E-state index < -0.39 is 0 Å². The summed E-state index contributed by atoms with van der Waals surface area (Å²) in [6.07, 6.45) is 8.17. The Morgan fingerprint density at radius 1 is 1.29 bits per heavy atom. The maximum atomic E-state index is 3.39. The fourth-order valence-corrected chi connectivity index (χ4v) is 2.41. The topological polar surface area (TPSA) is 15.3 Å². The highest BCUT2D eigenvalue weighted by atomic mass is 15.1. The first kappa shape index (κ1) is 12.0. The second-order valence-electron chi connectivity index (χ2n) is 4.64. The molecule has 0 amide bonds. The number of nitrogens with one attached hydrogen (secondary N) is 1. The van der Waals surface area contributed by atoms with Gasteiger partial charge < -0.3 is 10.2 Å². The largest absolute Gasteiger partial charge is 0.317 e. The first-order valence-corrected chi connectivity index (χ1v) is 6.15. The van der Waals surface area contributed by atoms with Crippen LogP contribution in [0, 0.1) is 0 Å². The third-order valence-electron chi connectivity index (χ3n) is 3.55. The summed E-state index contributed by atoms with van der Waals surface area (Å²) in [5.74, 6) is 0. The summed E-state index contributed by atoms with van der Waals surface area (Å²) in [6, 6.07) is 1.61. The van der Waals surface area contributed by atoms with Crippen LogP contribution in [0.3, 0.4) is 0 Å². The van der Waals surface area contributed by atoms with E-state index in [4.69, 9.17) is 0 Å². The van der Waals surface area contributed by atoms with Crippen molar-refractivity contribution in [1.82, 2.24) is 10.2 Å². The van der Waals surface area contributed by atoms with Crippen LogP contribution in [0.1, 0.15) is 45.4 Å². The molecule has 2 atom stereocenters. The third kappa shape index (κ3) is 3.58. The molecule has 0 bridgehead atoms. The Morgan fingerprint density at radius 2 is 2.07 bits per heavy atom. The molecule has 2 heteroatoms. The normalized spacial score (nSPS) is 27.4. The summed E-state index contributed by atoms with van der Waals surface area (Å²) in [5.41, 5.74) is 0. The number of hydrogen-bond acceptors (Lipinski definition) is 2. The van der Waals surface area contributed by atoms with Crippen molar-refractivity contribution < 1.29 is 0 Å². The molecular formula is C12H26N2. The molecule has 2 unspecified atom stereocenters. The molecule has 0 aromatic carbocycles. The second kappa shape index (κ2) is 6.41. The zero-order chi connectivity index (χ0) is 10.4. The first-order chi connectivity index (χ1) is 6.77. The standard InChI is InChI=1S/C12H26N2/c1-4-5-6-9-14(3)12-8-7-11(10-12)13-2/h11-13H,4-10H2,1-3H3. The maximum absolute atomic E-state index is 3.39. The minimum absolute atomic E-state index is 0.772. The van der Waals surface area contributed by atoms with E-state index in [9.17, 15) is 0 Å². The van der Waals surface area contributed by atoms with Crippen LogP contribution in [0.15, 0.2) is 0 Å². The Hall–Kier alpha value is -0.0800. The van der Waals surface area contributed by atoms with Gasteiger partial charge in [0, 0.05) is 12.1 Å². The monoisotopic (exact) mass is 198 g/mol. The van der Waals surface area contributed by atoms with Gasteiger partial charge in [-0.1, -0.05) is 19.8 Å².